The first kappa shape index (κ1) is 14.5. The number of aliphatic hydroxyl groups is 1. The van der Waals surface area contributed by atoms with Crippen LogP contribution in [0.4, 0.5) is 4.39 Å². The SMILES string of the molecule is Cc1ccc(C)c(C(O)COc2cccc(C)c2F)c1. The molecule has 0 fully saturated rings. The van der Waals surface area contributed by atoms with Gasteiger partial charge in [-0.3, -0.25) is 0 Å². The van der Waals surface area contributed by atoms with Crippen molar-refractivity contribution in [1.82, 2.24) is 0 Å². The van der Waals surface area contributed by atoms with E-state index in [2.05, 4.69) is 0 Å². The van der Waals surface area contributed by atoms with Gasteiger partial charge >= 0.3 is 0 Å². The van der Waals surface area contributed by atoms with Gasteiger partial charge in [-0.05, 0) is 43.5 Å². The van der Waals surface area contributed by atoms with Gasteiger partial charge in [0, 0.05) is 0 Å². The average molecular weight is 274 g/mol. The second-order valence-corrected chi connectivity index (χ2v) is 5.07. The van der Waals surface area contributed by atoms with Crippen LogP contribution in [0.25, 0.3) is 0 Å². The third-order valence-electron chi connectivity index (χ3n) is 3.35. The van der Waals surface area contributed by atoms with Crippen LogP contribution in [0.5, 0.6) is 5.75 Å². The predicted molar refractivity (Wildman–Crippen MR) is 77.5 cm³/mol. The minimum absolute atomic E-state index is 0.0324. The molecule has 0 aliphatic heterocycles. The van der Waals surface area contributed by atoms with E-state index in [1.54, 1.807) is 25.1 Å². The van der Waals surface area contributed by atoms with Crippen LogP contribution in [0.1, 0.15) is 28.4 Å². The van der Waals surface area contributed by atoms with Crippen LogP contribution < -0.4 is 4.74 Å². The van der Waals surface area contributed by atoms with Crippen molar-refractivity contribution in [2.24, 2.45) is 0 Å². The Balaban J connectivity index is 2.10. The quantitative estimate of drug-likeness (QED) is 0.917. The van der Waals surface area contributed by atoms with Gasteiger partial charge in [0.1, 0.15) is 12.7 Å². The first-order chi connectivity index (χ1) is 9.49. The zero-order chi connectivity index (χ0) is 14.7. The van der Waals surface area contributed by atoms with Crippen molar-refractivity contribution in [3.8, 4) is 5.75 Å². The molecule has 106 valence electrons. The summed E-state index contributed by atoms with van der Waals surface area (Å²) in [7, 11) is 0. The molecule has 0 saturated heterocycles. The monoisotopic (exact) mass is 274 g/mol. The van der Waals surface area contributed by atoms with E-state index in [-0.39, 0.29) is 18.2 Å². The molecule has 0 aromatic heterocycles. The van der Waals surface area contributed by atoms with Crippen molar-refractivity contribution >= 4 is 0 Å². The number of aliphatic hydroxyl groups excluding tert-OH is 1. The van der Waals surface area contributed by atoms with Crippen LogP contribution >= 0.6 is 0 Å². The normalized spacial score (nSPS) is 12.2. The van der Waals surface area contributed by atoms with Gasteiger partial charge in [0.05, 0.1) is 0 Å². The summed E-state index contributed by atoms with van der Waals surface area (Å²) in [6.07, 6.45) is -0.769. The number of aryl methyl sites for hydroxylation is 3. The molecular weight excluding hydrogens is 255 g/mol. The van der Waals surface area contributed by atoms with E-state index < -0.39 is 6.10 Å². The summed E-state index contributed by atoms with van der Waals surface area (Å²) in [5.74, 6) is -0.199. The third-order valence-corrected chi connectivity index (χ3v) is 3.35. The number of ether oxygens (including phenoxy) is 1. The van der Waals surface area contributed by atoms with E-state index in [0.29, 0.717) is 5.56 Å². The van der Waals surface area contributed by atoms with Crippen molar-refractivity contribution in [3.63, 3.8) is 0 Å². The molecule has 0 bridgehead atoms. The van der Waals surface area contributed by atoms with Crippen molar-refractivity contribution < 1.29 is 14.2 Å². The van der Waals surface area contributed by atoms with Crippen molar-refractivity contribution in [2.75, 3.05) is 6.61 Å². The molecular formula is C17H19FO2. The largest absolute Gasteiger partial charge is 0.487 e. The van der Waals surface area contributed by atoms with Crippen LogP contribution in [0.3, 0.4) is 0 Å². The minimum atomic E-state index is -0.769. The average Bonchev–Trinajstić information content (AvgIpc) is 2.43. The lowest BCUT2D eigenvalue weighted by molar-refractivity contribution is 0.105. The highest BCUT2D eigenvalue weighted by molar-refractivity contribution is 5.33. The summed E-state index contributed by atoms with van der Waals surface area (Å²) in [6, 6.07) is 10.9. The van der Waals surface area contributed by atoms with E-state index in [1.807, 2.05) is 32.0 Å². The van der Waals surface area contributed by atoms with Crippen LogP contribution in [0.2, 0.25) is 0 Å². The van der Waals surface area contributed by atoms with Gasteiger partial charge in [0.25, 0.3) is 0 Å². The highest BCUT2D eigenvalue weighted by Gasteiger charge is 2.13. The molecule has 1 unspecified atom stereocenters. The Bertz CT molecular complexity index is 608. The summed E-state index contributed by atoms with van der Waals surface area (Å²) in [5.41, 5.74) is 3.42. The van der Waals surface area contributed by atoms with Gasteiger partial charge < -0.3 is 9.84 Å². The Labute approximate surface area is 118 Å². The van der Waals surface area contributed by atoms with E-state index in [4.69, 9.17) is 4.74 Å². The van der Waals surface area contributed by atoms with Gasteiger partial charge in [0.15, 0.2) is 11.6 Å². The molecule has 2 aromatic carbocycles. The molecule has 0 saturated carbocycles. The maximum Gasteiger partial charge on any atom is 0.167 e. The smallest absolute Gasteiger partial charge is 0.167 e. The highest BCUT2D eigenvalue weighted by atomic mass is 19.1. The minimum Gasteiger partial charge on any atom is -0.487 e. The number of hydrogen-bond acceptors (Lipinski definition) is 2. The first-order valence-corrected chi connectivity index (χ1v) is 6.62. The van der Waals surface area contributed by atoms with Crippen LogP contribution in [0.15, 0.2) is 36.4 Å². The molecule has 0 amide bonds. The number of benzene rings is 2. The fourth-order valence-electron chi connectivity index (χ4n) is 2.11. The van der Waals surface area contributed by atoms with Gasteiger partial charge in [-0.15, -0.1) is 0 Å². The molecule has 20 heavy (non-hydrogen) atoms. The number of rotatable bonds is 4. The van der Waals surface area contributed by atoms with Crippen molar-refractivity contribution in [2.45, 2.75) is 26.9 Å². The maximum atomic E-state index is 13.8. The molecule has 0 heterocycles. The number of halogens is 1. The molecule has 2 rings (SSSR count). The van der Waals surface area contributed by atoms with Crippen molar-refractivity contribution in [3.05, 3.63) is 64.5 Å². The molecule has 2 nitrogen and oxygen atoms in total. The molecule has 2 aromatic rings. The van der Waals surface area contributed by atoms with E-state index in [1.165, 1.54) is 0 Å². The second-order valence-electron chi connectivity index (χ2n) is 5.07. The first-order valence-electron chi connectivity index (χ1n) is 6.62. The zero-order valence-corrected chi connectivity index (χ0v) is 12.0. The maximum absolute atomic E-state index is 13.8. The summed E-state index contributed by atoms with van der Waals surface area (Å²) < 4.78 is 19.2. The zero-order valence-electron chi connectivity index (χ0n) is 12.0. The van der Waals surface area contributed by atoms with E-state index >= 15 is 0 Å². The van der Waals surface area contributed by atoms with Crippen molar-refractivity contribution in [1.29, 1.82) is 0 Å². The lowest BCUT2D eigenvalue weighted by Crippen LogP contribution is -2.12. The van der Waals surface area contributed by atoms with Gasteiger partial charge in [0.2, 0.25) is 0 Å². The van der Waals surface area contributed by atoms with Crippen LogP contribution in [-0.4, -0.2) is 11.7 Å². The molecule has 3 heteroatoms. The molecule has 0 aliphatic carbocycles. The molecule has 0 aliphatic rings. The molecule has 0 spiro atoms. The van der Waals surface area contributed by atoms with Crippen LogP contribution in [-0.2, 0) is 0 Å². The van der Waals surface area contributed by atoms with E-state index in [9.17, 15) is 9.50 Å². The predicted octanol–water partition coefficient (Wildman–Crippen LogP) is 3.86. The summed E-state index contributed by atoms with van der Waals surface area (Å²) in [5, 5.41) is 10.2. The fraction of sp³-hybridized carbons (Fsp3) is 0.294. The third kappa shape index (κ3) is 3.17. The van der Waals surface area contributed by atoms with Gasteiger partial charge in [-0.2, -0.15) is 0 Å². The molecule has 1 atom stereocenters. The summed E-state index contributed by atoms with van der Waals surface area (Å²) in [6.45, 7) is 5.62. The van der Waals surface area contributed by atoms with E-state index in [0.717, 1.165) is 16.7 Å². The molecule has 1 N–H and O–H groups in total. The Kier molecular flexibility index (Phi) is 4.40. The lowest BCUT2D eigenvalue weighted by Gasteiger charge is -2.16. The van der Waals surface area contributed by atoms with Gasteiger partial charge in [-0.1, -0.05) is 35.9 Å². The number of hydrogen-bond donors (Lipinski definition) is 1. The topological polar surface area (TPSA) is 29.5 Å². The summed E-state index contributed by atoms with van der Waals surface area (Å²) in [4.78, 5) is 0. The summed E-state index contributed by atoms with van der Waals surface area (Å²) >= 11 is 0. The highest BCUT2D eigenvalue weighted by Crippen LogP contribution is 2.23. The Morgan fingerprint density at radius 3 is 2.60 bits per heavy atom. The lowest BCUT2D eigenvalue weighted by atomic mass is 10.0. The Morgan fingerprint density at radius 2 is 1.85 bits per heavy atom. The molecule has 0 radical (unpaired) electrons. The Hall–Kier alpha value is -1.87. The standard InChI is InChI=1S/C17H19FO2/c1-11-7-8-12(2)14(9-11)15(19)10-20-16-6-4-5-13(3)17(16)18/h4-9,15,19H,10H2,1-3H3. The van der Waals surface area contributed by atoms with Crippen LogP contribution in [0, 0.1) is 26.6 Å². The second kappa shape index (κ2) is 6.06. The Morgan fingerprint density at radius 1 is 1.10 bits per heavy atom. The fourth-order valence-corrected chi connectivity index (χ4v) is 2.11. The van der Waals surface area contributed by atoms with Gasteiger partial charge in [-0.25, -0.2) is 4.39 Å².